The molecule has 2 bridgehead atoms. The van der Waals surface area contributed by atoms with E-state index in [1.807, 2.05) is 0 Å². The van der Waals surface area contributed by atoms with Gasteiger partial charge < -0.3 is 10.6 Å². The van der Waals surface area contributed by atoms with Crippen molar-refractivity contribution in [3.05, 3.63) is 35.4 Å². The largest absolute Gasteiger partial charge is 0.342 e. The highest BCUT2D eigenvalue weighted by atomic mass is 16.1. The lowest BCUT2D eigenvalue weighted by molar-refractivity contribution is -0.127. The molecule has 0 aromatic heterocycles. The maximum absolute atomic E-state index is 11.4. The van der Waals surface area contributed by atoms with Crippen molar-refractivity contribution in [2.45, 2.75) is 49.6 Å². The van der Waals surface area contributed by atoms with Crippen LogP contribution in [0.2, 0.25) is 0 Å². The second-order valence-corrected chi connectivity index (χ2v) is 6.83. The Kier molecular flexibility index (Phi) is 2.68. The average Bonchev–Trinajstić information content (AvgIpc) is 2.47. The molecule has 0 radical (unpaired) electrons. The summed E-state index contributed by atoms with van der Waals surface area (Å²) in [5.74, 6) is 0.608. The van der Waals surface area contributed by atoms with Gasteiger partial charge in [0.15, 0.2) is 0 Å². The van der Waals surface area contributed by atoms with Gasteiger partial charge in [0.1, 0.15) is 0 Å². The number of amides is 1. The van der Waals surface area contributed by atoms with E-state index in [-0.39, 0.29) is 5.41 Å². The Morgan fingerprint density at radius 1 is 1.30 bits per heavy atom. The van der Waals surface area contributed by atoms with Crippen molar-refractivity contribution in [1.82, 2.24) is 4.90 Å². The van der Waals surface area contributed by atoms with Crippen LogP contribution in [0.25, 0.3) is 0 Å². The summed E-state index contributed by atoms with van der Waals surface area (Å²) in [5, 5.41) is 0. The van der Waals surface area contributed by atoms with Gasteiger partial charge in [-0.2, -0.15) is 0 Å². The molecule has 1 amide bonds. The number of nitrogens with zero attached hydrogens (tertiary/aromatic N) is 1. The molecular formula is C17H22N2O. The molecule has 3 nitrogen and oxygen atoms in total. The molecule has 1 aromatic carbocycles. The number of nitrogens with two attached hydrogens (primary N) is 1. The van der Waals surface area contributed by atoms with Crippen LogP contribution in [0.15, 0.2) is 24.3 Å². The first-order chi connectivity index (χ1) is 9.74. The minimum atomic E-state index is 0.233. The van der Waals surface area contributed by atoms with Gasteiger partial charge in [-0.3, -0.25) is 4.79 Å². The Balaban J connectivity index is 1.87. The molecule has 3 aliphatic rings. The maximum Gasteiger partial charge on any atom is 0.209 e. The van der Waals surface area contributed by atoms with Crippen molar-refractivity contribution in [2.75, 3.05) is 6.54 Å². The first-order valence-corrected chi connectivity index (χ1v) is 7.79. The van der Waals surface area contributed by atoms with Crippen molar-refractivity contribution < 1.29 is 4.79 Å². The van der Waals surface area contributed by atoms with E-state index in [0.717, 1.165) is 38.6 Å². The minimum Gasteiger partial charge on any atom is -0.342 e. The van der Waals surface area contributed by atoms with Crippen LogP contribution < -0.4 is 5.73 Å². The Morgan fingerprint density at radius 2 is 2.15 bits per heavy atom. The lowest BCUT2D eigenvalue weighted by Crippen LogP contribution is -2.62. The summed E-state index contributed by atoms with van der Waals surface area (Å²) in [6.07, 6.45) is 6.55. The van der Waals surface area contributed by atoms with Crippen LogP contribution >= 0.6 is 0 Å². The molecule has 1 heterocycles. The van der Waals surface area contributed by atoms with Gasteiger partial charge in [-0.15, -0.1) is 0 Å². The summed E-state index contributed by atoms with van der Waals surface area (Å²) < 4.78 is 0. The van der Waals surface area contributed by atoms with Crippen LogP contribution in [0, 0.1) is 5.92 Å². The zero-order chi connectivity index (χ0) is 13.7. The number of rotatable bonds is 1. The molecular weight excluding hydrogens is 248 g/mol. The smallest absolute Gasteiger partial charge is 0.209 e. The number of carbonyl (C=O) groups excluding carboxylic acids is 1. The third-order valence-electron chi connectivity index (χ3n) is 6.01. The zero-order valence-electron chi connectivity index (χ0n) is 11.8. The Hall–Kier alpha value is -1.35. The maximum atomic E-state index is 11.4. The highest BCUT2D eigenvalue weighted by Gasteiger charge is 2.54. The van der Waals surface area contributed by atoms with Gasteiger partial charge in [-0.1, -0.05) is 24.3 Å². The van der Waals surface area contributed by atoms with Crippen molar-refractivity contribution in [1.29, 1.82) is 0 Å². The number of carbonyl (C=O) groups is 1. The van der Waals surface area contributed by atoms with E-state index in [1.54, 1.807) is 0 Å². The van der Waals surface area contributed by atoms with E-state index in [2.05, 4.69) is 29.2 Å². The summed E-state index contributed by atoms with van der Waals surface area (Å²) in [5.41, 5.74) is 9.51. The molecule has 2 fully saturated rings. The first-order valence-electron chi connectivity index (χ1n) is 7.79. The quantitative estimate of drug-likeness (QED) is 0.792. The second kappa shape index (κ2) is 4.32. The van der Waals surface area contributed by atoms with Gasteiger partial charge in [-0.25, -0.2) is 0 Å². The van der Waals surface area contributed by atoms with E-state index >= 15 is 0 Å². The van der Waals surface area contributed by atoms with Gasteiger partial charge in [0.2, 0.25) is 6.41 Å². The molecule has 2 N–H and O–H groups in total. The van der Waals surface area contributed by atoms with Gasteiger partial charge in [0.05, 0.1) is 0 Å². The normalized spacial score (nSPS) is 38.9. The molecule has 1 aliphatic heterocycles. The molecule has 1 aromatic rings. The fourth-order valence-corrected chi connectivity index (χ4v) is 5.21. The molecule has 4 rings (SSSR count). The molecule has 3 heteroatoms. The molecule has 2 aliphatic carbocycles. The SMILES string of the molecule is NC1CC[C@H]2[C@H]3Cc4ccccc4[C@@]2(CCN3C=O)C1. The van der Waals surface area contributed by atoms with Crippen molar-refractivity contribution in [3.63, 3.8) is 0 Å². The summed E-state index contributed by atoms with van der Waals surface area (Å²) in [7, 11) is 0. The lowest BCUT2D eigenvalue weighted by Gasteiger charge is -2.59. The predicted octanol–water partition coefficient (Wildman–Crippen LogP) is 1.84. The topological polar surface area (TPSA) is 46.3 Å². The Labute approximate surface area is 120 Å². The van der Waals surface area contributed by atoms with Crippen LogP contribution in [0.1, 0.15) is 36.8 Å². The van der Waals surface area contributed by atoms with Crippen LogP contribution in [0.4, 0.5) is 0 Å². The summed E-state index contributed by atoms with van der Waals surface area (Å²) in [4.78, 5) is 13.5. The number of likely N-dealkylation sites (tertiary alicyclic amines) is 1. The molecule has 4 atom stereocenters. The third-order valence-corrected chi connectivity index (χ3v) is 6.01. The van der Waals surface area contributed by atoms with Gasteiger partial charge in [0, 0.05) is 24.0 Å². The summed E-state index contributed by atoms with van der Waals surface area (Å²) in [6.45, 7) is 0.895. The summed E-state index contributed by atoms with van der Waals surface area (Å²) in [6, 6.07) is 9.56. The average molecular weight is 270 g/mol. The van der Waals surface area contributed by atoms with Crippen LogP contribution in [0.3, 0.4) is 0 Å². The van der Waals surface area contributed by atoms with E-state index < -0.39 is 0 Å². The molecule has 0 spiro atoms. The Morgan fingerprint density at radius 3 is 3.00 bits per heavy atom. The molecule has 106 valence electrons. The van der Waals surface area contributed by atoms with Crippen molar-refractivity contribution in [2.24, 2.45) is 11.7 Å². The second-order valence-electron chi connectivity index (χ2n) is 6.83. The van der Waals surface area contributed by atoms with E-state index in [9.17, 15) is 4.79 Å². The predicted molar refractivity (Wildman–Crippen MR) is 78.3 cm³/mol. The molecule has 20 heavy (non-hydrogen) atoms. The number of hydrogen-bond donors (Lipinski definition) is 1. The van der Waals surface area contributed by atoms with Gasteiger partial charge in [-0.05, 0) is 49.1 Å². The first kappa shape index (κ1) is 12.4. The standard InChI is InChI=1S/C17H22N2O/c18-13-5-6-15-16-9-12-3-1-2-4-14(12)17(15,10-13)7-8-19(16)11-20/h1-4,11,13,15-16H,5-10,18H2/t13?,15-,16+,17+/m0/s1. The van der Waals surface area contributed by atoms with E-state index in [4.69, 9.17) is 5.73 Å². The number of hydrogen-bond acceptors (Lipinski definition) is 2. The lowest BCUT2D eigenvalue weighted by atomic mass is 9.51. The highest BCUT2D eigenvalue weighted by Crippen LogP contribution is 2.55. The fourth-order valence-electron chi connectivity index (χ4n) is 5.21. The molecule has 1 unspecified atom stereocenters. The third kappa shape index (κ3) is 1.53. The molecule has 1 saturated heterocycles. The highest BCUT2D eigenvalue weighted by molar-refractivity contribution is 5.51. The van der Waals surface area contributed by atoms with Crippen LogP contribution in [-0.4, -0.2) is 29.9 Å². The Bertz CT molecular complexity index is 544. The fraction of sp³-hybridized carbons (Fsp3) is 0.588. The zero-order valence-corrected chi connectivity index (χ0v) is 11.8. The van der Waals surface area contributed by atoms with Crippen LogP contribution in [-0.2, 0) is 16.6 Å². The minimum absolute atomic E-state index is 0.233. The number of piperidine rings is 1. The molecule has 1 saturated carbocycles. The summed E-state index contributed by atoms with van der Waals surface area (Å²) >= 11 is 0. The monoisotopic (exact) mass is 270 g/mol. The van der Waals surface area contributed by atoms with Crippen molar-refractivity contribution >= 4 is 6.41 Å². The van der Waals surface area contributed by atoms with Crippen molar-refractivity contribution in [3.8, 4) is 0 Å². The van der Waals surface area contributed by atoms with E-state index in [1.165, 1.54) is 17.5 Å². The van der Waals surface area contributed by atoms with E-state index in [0.29, 0.717) is 18.0 Å². The van der Waals surface area contributed by atoms with Gasteiger partial charge >= 0.3 is 0 Å². The van der Waals surface area contributed by atoms with Crippen LogP contribution in [0.5, 0.6) is 0 Å². The number of fused-ring (bicyclic) bond motifs is 1. The van der Waals surface area contributed by atoms with Gasteiger partial charge in [0.25, 0.3) is 0 Å². The number of benzene rings is 1.